The Kier molecular flexibility index (Phi) is 3.51. The SMILES string of the molecule is NC(=O)c1ccc(Nc2cc(F)cc(F)c2F)c(N)c1. The van der Waals surface area contributed by atoms with Gasteiger partial charge in [-0.15, -0.1) is 0 Å². The highest BCUT2D eigenvalue weighted by atomic mass is 19.2. The molecule has 2 aromatic carbocycles. The van der Waals surface area contributed by atoms with Crippen molar-refractivity contribution < 1.29 is 18.0 Å². The van der Waals surface area contributed by atoms with Crippen molar-refractivity contribution in [2.24, 2.45) is 5.73 Å². The van der Waals surface area contributed by atoms with Crippen LogP contribution in [0.2, 0.25) is 0 Å². The van der Waals surface area contributed by atoms with E-state index in [4.69, 9.17) is 11.5 Å². The molecule has 7 heteroatoms. The summed E-state index contributed by atoms with van der Waals surface area (Å²) >= 11 is 0. The van der Waals surface area contributed by atoms with Crippen LogP contribution in [0.4, 0.5) is 30.2 Å². The summed E-state index contributed by atoms with van der Waals surface area (Å²) in [4.78, 5) is 11.0. The molecule has 0 aromatic heterocycles. The predicted molar refractivity (Wildman–Crippen MR) is 69.0 cm³/mol. The van der Waals surface area contributed by atoms with Gasteiger partial charge in [-0.25, -0.2) is 13.2 Å². The van der Waals surface area contributed by atoms with E-state index in [0.29, 0.717) is 6.07 Å². The fraction of sp³-hybridized carbons (Fsp3) is 0. The van der Waals surface area contributed by atoms with Crippen molar-refractivity contribution >= 4 is 23.0 Å². The molecule has 4 nitrogen and oxygen atoms in total. The van der Waals surface area contributed by atoms with Crippen molar-refractivity contribution in [3.05, 3.63) is 53.3 Å². The summed E-state index contributed by atoms with van der Waals surface area (Å²) in [5, 5.41) is 2.46. The van der Waals surface area contributed by atoms with Crippen LogP contribution in [0.25, 0.3) is 0 Å². The number of carbonyl (C=O) groups excluding carboxylic acids is 1. The second kappa shape index (κ2) is 5.12. The molecule has 0 radical (unpaired) electrons. The fourth-order valence-electron chi connectivity index (χ4n) is 1.62. The lowest BCUT2D eigenvalue weighted by Crippen LogP contribution is -2.11. The number of primary amides is 1. The molecule has 104 valence electrons. The topological polar surface area (TPSA) is 81.1 Å². The third kappa shape index (κ3) is 2.66. The number of hydrogen-bond donors (Lipinski definition) is 3. The summed E-state index contributed by atoms with van der Waals surface area (Å²) in [5.41, 5.74) is 10.8. The Morgan fingerprint density at radius 1 is 1.05 bits per heavy atom. The van der Waals surface area contributed by atoms with E-state index in [1.807, 2.05) is 0 Å². The maximum Gasteiger partial charge on any atom is 0.248 e. The van der Waals surface area contributed by atoms with Gasteiger partial charge in [-0.2, -0.15) is 0 Å². The van der Waals surface area contributed by atoms with Crippen molar-refractivity contribution in [1.82, 2.24) is 0 Å². The average Bonchev–Trinajstić information content (AvgIpc) is 2.37. The number of amides is 1. The molecule has 0 unspecified atom stereocenters. The Morgan fingerprint density at radius 2 is 1.75 bits per heavy atom. The van der Waals surface area contributed by atoms with E-state index >= 15 is 0 Å². The Morgan fingerprint density at radius 3 is 2.35 bits per heavy atom. The number of nitrogen functional groups attached to an aromatic ring is 1. The van der Waals surface area contributed by atoms with Crippen molar-refractivity contribution in [2.45, 2.75) is 0 Å². The summed E-state index contributed by atoms with van der Waals surface area (Å²) in [6, 6.07) is 5.21. The zero-order chi connectivity index (χ0) is 14.9. The van der Waals surface area contributed by atoms with Crippen LogP contribution in [0.5, 0.6) is 0 Å². The number of nitrogens with one attached hydrogen (secondary N) is 1. The van der Waals surface area contributed by atoms with Crippen LogP contribution in [0.15, 0.2) is 30.3 Å². The monoisotopic (exact) mass is 281 g/mol. The summed E-state index contributed by atoms with van der Waals surface area (Å²) in [5.74, 6) is -4.16. The highest BCUT2D eigenvalue weighted by molar-refractivity contribution is 5.95. The quantitative estimate of drug-likeness (QED) is 0.597. The van der Waals surface area contributed by atoms with Gasteiger partial charge < -0.3 is 16.8 Å². The first-order valence-corrected chi connectivity index (χ1v) is 5.49. The molecular formula is C13H10F3N3O. The van der Waals surface area contributed by atoms with Gasteiger partial charge >= 0.3 is 0 Å². The van der Waals surface area contributed by atoms with Crippen molar-refractivity contribution in [2.75, 3.05) is 11.1 Å². The van der Waals surface area contributed by atoms with Gasteiger partial charge in [-0.1, -0.05) is 0 Å². The minimum Gasteiger partial charge on any atom is -0.397 e. The lowest BCUT2D eigenvalue weighted by molar-refractivity contribution is 0.100. The summed E-state index contributed by atoms with van der Waals surface area (Å²) in [7, 11) is 0. The van der Waals surface area contributed by atoms with E-state index < -0.39 is 29.0 Å². The first-order valence-electron chi connectivity index (χ1n) is 5.49. The van der Waals surface area contributed by atoms with Crippen molar-refractivity contribution in [1.29, 1.82) is 0 Å². The lowest BCUT2D eigenvalue weighted by atomic mass is 10.1. The van der Waals surface area contributed by atoms with Crippen LogP contribution in [-0.2, 0) is 0 Å². The molecule has 0 fully saturated rings. The van der Waals surface area contributed by atoms with Gasteiger partial charge in [-0.05, 0) is 18.2 Å². The number of rotatable bonds is 3. The van der Waals surface area contributed by atoms with E-state index in [2.05, 4.69) is 5.32 Å². The van der Waals surface area contributed by atoms with Gasteiger partial charge in [0.2, 0.25) is 5.91 Å². The van der Waals surface area contributed by atoms with Gasteiger partial charge in [0.05, 0.1) is 17.1 Å². The Balaban J connectivity index is 2.38. The number of benzene rings is 2. The smallest absolute Gasteiger partial charge is 0.248 e. The zero-order valence-corrected chi connectivity index (χ0v) is 10.1. The molecule has 0 atom stereocenters. The van der Waals surface area contributed by atoms with Crippen molar-refractivity contribution in [3.8, 4) is 0 Å². The summed E-state index contributed by atoms with van der Waals surface area (Å²) in [6.45, 7) is 0. The minimum absolute atomic E-state index is 0.0883. The van der Waals surface area contributed by atoms with Crippen molar-refractivity contribution in [3.63, 3.8) is 0 Å². The Bertz CT molecular complexity index is 689. The fourth-order valence-corrected chi connectivity index (χ4v) is 1.62. The first kappa shape index (κ1) is 13.7. The van der Waals surface area contributed by atoms with Crippen LogP contribution in [0.1, 0.15) is 10.4 Å². The summed E-state index contributed by atoms with van der Waals surface area (Å²) in [6.07, 6.45) is 0. The van der Waals surface area contributed by atoms with Crippen LogP contribution < -0.4 is 16.8 Å². The van der Waals surface area contributed by atoms with Crippen LogP contribution in [0, 0.1) is 17.5 Å². The number of hydrogen-bond acceptors (Lipinski definition) is 3. The molecule has 20 heavy (non-hydrogen) atoms. The number of carbonyl (C=O) groups is 1. The molecular weight excluding hydrogens is 271 g/mol. The maximum atomic E-state index is 13.5. The minimum atomic E-state index is -1.32. The number of anilines is 3. The number of halogens is 3. The lowest BCUT2D eigenvalue weighted by Gasteiger charge is -2.11. The highest BCUT2D eigenvalue weighted by Crippen LogP contribution is 2.27. The highest BCUT2D eigenvalue weighted by Gasteiger charge is 2.13. The zero-order valence-electron chi connectivity index (χ0n) is 10.1. The molecule has 0 aliphatic heterocycles. The van der Waals surface area contributed by atoms with E-state index in [9.17, 15) is 18.0 Å². The third-order valence-corrected chi connectivity index (χ3v) is 2.60. The van der Waals surface area contributed by atoms with Gasteiger partial charge in [0, 0.05) is 17.7 Å². The molecule has 0 aliphatic rings. The molecule has 2 aromatic rings. The maximum absolute atomic E-state index is 13.5. The molecule has 0 spiro atoms. The van der Waals surface area contributed by atoms with Crippen LogP contribution in [-0.4, -0.2) is 5.91 Å². The van der Waals surface area contributed by atoms with Gasteiger partial charge in [0.1, 0.15) is 5.82 Å². The third-order valence-electron chi connectivity index (χ3n) is 2.60. The van der Waals surface area contributed by atoms with E-state index in [1.165, 1.54) is 18.2 Å². The molecule has 0 heterocycles. The molecule has 0 saturated heterocycles. The normalized spacial score (nSPS) is 10.3. The van der Waals surface area contributed by atoms with Gasteiger partial charge in [0.25, 0.3) is 0 Å². The molecule has 5 N–H and O–H groups in total. The predicted octanol–water partition coefficient (Wildman–Crippen LogP) is 2.53. The molecule has 2 rings (SSSR count). The summed E-state index contributed by atoms with van der Waals surface area (Å²) < 4.78 is 39.6. The van der Waals surface area contributed by atoms with Crippen LogP contribution >= 0.6 is 0 Å². The second-order valence-electron chi connectivity index (χ2n) is 4.04. The van der Waals surface area contributed by atoms with E-state index in [1.54, 1.807) is 0 Å². The largest absolute Gasteiger partial charge is 0.397 e. The van der Waals surface area contributed by atoms with Crippen LogP contribution in [0.3, 0.4) is 0 Å². The van der Waals surface area contributed by atoms with E-state index in [0.717, 1.165) is 6.07 Å². The molecule has 1 amide bonds. The average molecular weight is 281 g/mol. The number of nitrogens with two attached hydrogens (primary N) is 2. The second-order valence-corrected chi connectivity index (χ2v) is 4.04. The van der Waals surface area contributed by atoms with Gasteiger partial charge in [-0.3, -0.25) is 4.79 Å². The first-order chi connectivity index (χ1) is 9.38. The van der Waals surface area contributed by atoms with Gasteiger partial charge in [0.15, 0.2) is 11.6 Å². The molecule has 0 bridgehead atoms. The molecule has 0 saturated carbocycles. The molecule has 0 aliphatic carbocycles. The van der Waals surface area contributed by atoms with E-state index in [-0.39, 0.29) is 16.9 Å². The Hall–Kier alpha value is -2.70. The standard InChI is InChI=1S/C13H10F3N3O/c14-7-4-8(15)12(16)11(5-7)19-10-2-1-6(13(18)20)3-9(10)17/h1-5,19H,17H2,(H2,18,20). The Labute approximate surface area is 112 Å².